The quantitative estimate of drug-likeness (QED) is 0.222. The Morgan fingerprint density at radius 3 is 1.25 bits per heavy atom. The molecule has 0 saturated heterocycles. The first kappa shape index (κ1) is 42.6. The zero-order chi connectivity index (χ0) is 40.0. The van der Waals surface area contributed by atoms with E-state index in [1.165, 1.54) is 0 Å². The van der Waals surface area contributed by atoms with Gasteiger partial charge in [0.05, 0.1) is 37.5 Å². The number of azo groups is 2. The van der Waals surface area contributed by atoms with Gasteiger partial charge in [0.15, 0.2) is 11.6 Å². The third-order valence-corrected chi connectivity index (χ3v) is 10.4. The fourth-order valence-electron chi connectivity index (χ4n) is 5.68. The minimum atomic E-state index is -0.365. The van der Waals surface area contributed by atoms with Gasteiger partial charge >= 0.3 is 0 Å². The number of allylic oxidation sites excluding steroid dienone is 10. The normalized spacial score (nSPS) is 16.3. The van der Waals surface area contributed by atoms with Crippen LogP contribution in [0, 0.1) is 21.7 Å². The molecule has 0 aliphatic heterocycles. The van der Waals surface area contributed by atoms with E-state index >= 15 is 0 Å². The minimum absolute atomic E-state index is 0.0252. The molecule has 0 N–H and O–H groups in total. The van der Waals surface area contributed by atoms with E-state index < -0.39 is 0 Å². The summed E-state index contributed by atoms with van der Waals surface area (Å²) >= 11 is 33.6. The fourth-order valence-corrected chi connectivity index (χ4v) is 6.92. The van der Waals surface area contributed by atoms with Crippen LogP contribution in [0.5, 0.6) is 0 Å². The van der Waals surface area contributed by atoms with E-state index in [0.717, 1.165) is 11.1 Å². The number of benzene rings is 2. The molecule has 2 aromatic carbocycles. The predicted molar refractivity (Wildman–Crippen MR) is 222 cm³/mol. The molecule has 0 amide bonds. The Balaban J connectivity index is 1.67. The van der Waals surface area contributed by atoms with Gasteiger partial charge in [-0.25, -0.2) is 0 Å². The summed E-state index contributed by atoms with van der Waals surface area (Å²) in [5.41, 5.74) is 4.23. The zero-order valence-electron chi connectivity index (χ0n) is 32.2. The van der Waals surface area contributed by atoms with Crippen LogP contribution in [-0.4, -0.2) is 11.6 Å². The first-order valence-corrected chi connectivity index (χ1v) is 19.0. The smallest absolute Gasteiger partial charge is 0.186 e. The lowest BCUT2D eigenvalue weighted by Crippen LogP contribution is -2.27. The summed E-state index contributed by atoms with van der Waals surface area (Å²) in [7, 11) is 0. The molecule has 0 radical (unpaired) electrons. The Morgan fingerprint density at radius 2 is 0.849 bits per heavy atom. The molecule has 53 heavy (non-hydrogen) atoms. The second kappa shape index (κ2) is 15.5. The van der Waals surface area contributed by atoms with E-state index in [0.29, 0.717) is 39.1 Å². The molecule has 0 fully saturated rings. The first-order chi connectivity index (χ1) is 24.2. The third-order valence-electron chi connectivity index (χ3n) is 8.65. The number of halogens is 5. The predicted octanol–water partition coefficient (Wildman–Crippen LogP) is 15.6. The van der Waals surface area contributed by atoms with Crippen LogP contribution in [0.4, 0.5) is 11.4 Å². The molecule has 4 rings (SSSR count). The van der Waals surface area contributed by atoms with Crippen molar-refractivity contribution in [1.82, 2.24) is 0 Å². The summed E-state index contributed by atoms with van der Waals surface area (Å²) in [4.78, 5) is 26.5. The molecule has 0 heterocycles. The maximum absolute atomic E-state index is 13.3. The van der Waals surface area contributed by atoms with Crippen molar-refractivity contribution >= 4 is 80.9 Å². The Morgan fingerprint density at radius 1 is 0.472 bits per heavy atom. The number of nitrogens with zero attached hydrogens (tertiary/aromatic N) is 4. The molecule has 11 heteroatoms. The number of carbonyl (C=O) groups excluding carboxylic acids is 2. The second-order valence-corrected chi connectivity index (χ2v) is 19.2. The van der Waals surface area contributed by atoms with Crippen LogP contribution in [0.1, 0.15) is 83.1 Å². The molecule has 0 spiro atoms. The van der Waals surface area contributed by atoms with Crippen LogP contribution in [0.2, 0.25) is 25.1 Å². The third kappa shape index (κ3) is 9.76. The fraction of sp³-hybridized carbons (Fsp3) is 0.381. The Labute approximate surface area is 338 Å². The van der Waals surface area contributed by atoms with Gasteiger partial charge in [0.25, 0.3) is 0 Å². The van der Waals surface area contributed by atoms with E-state index in [-0.39, 0.29) is 64.0 Å². The van der Waals surface area contributed by atoms with E-state index in [2.05, 4.69) is 20.5 Å². The van der Waals surface area contributed by atoms with Crippen molar-refractivity contribution in [2.45, 2.75) is 83.1 Å². The average molecular weight is 815 g/mol. The highest BCUT2D eigenvalue weighted by atomic mass is 35.5. The highest BCUT2D eigenvalue weighted by Gasteiger charge is 2.35. The molecule has 0 aromatic heterocycles. The van der Waals surface area contributed by atoms with Crippen molar-refractivity contribution in [2.75, 3.05) is 0 Å². The lowest BCUT2D eigenvalue weighted by Gasteiger charge is -2.31. The standard InChI is InChI=1S/C42H45Cl5N4O2/c1-39(2,3)26-13-22(14-27(37(26)52)40(4,5)6)20-48-50-33-19-30(43)24(17-31(33)44)25-18-32(45)36(35(47)34(25)46)51-49-21-23-15-28(41(7,8)9)38(53)29(16-23)42(10,11)12/h13-21H,1-12H3/b50-48+,51-49+. The van der Waals surface area contributed by atoms with E-state index in [9.17, 15) is 9.59 Å². The summed E-state index contributed by atoms with van der Waals surface area (Å²) in [5, 5.41) is 18.1. The maximum Gasteiger partial charge on any atom is 0.186 e. The van der Waals surface area contributed by atoms with Crippen molar-refractivity contribution in [1.29, 1.82) is 0 Å². The topological polar surface area (TPSA) is 83.6 Å². The van der Waals surface area contributed by atoms with E-state index in [1.54, 1.807) is 30.6 Å². The Kier molecular flexibility index (Phi) is 12.5. The van der Waals surface area contributed by atoms with Crippen LogP contribution in [0.3, 0.4) is 0 Å². The van der Waals surface area contributed by atoms with Crippen molar-refractivity contribution in [2.24, 2.45) is 42.1 Å². The average Bonchev–Trinajstić information content (AvgIpc) is 3.01. The van der Waals surface area contributed by atoms with Crippen LogP contribution in [-0.2, 0) is 9.59 Å². The molecule has 280 valence electrons. The number of hydrogen-bond acceptors (Lipinski definition) is 6. The van der Waals surface area contributed by atoms with Gasteiger partial charge in [0.1, 0.15) is 11.4 Å². The summed E-state index contributed by atoms with van der Waals surface area (Å²) in [5.74, 6) is 0.0615. The first-order valence-electron chi connectivity index (χ1n) is 17.1. The van der Waals surface area contributed by atoms with Gasteiger partial charge in [0, 0.05) is 33.4 Å². The molecule has 6 nitrogen and oxygen atoms in total. The van der Waals surface area contributed by atoms with Gasteiger partial charge in [-0.05, 0) is 75.3 Å². The molecule has 0 atom stereocenters. The lowest BCUT2D eigenvalue weighted by molar-refractivity contribution is -0.114. The monoisotopic (exact) mass is 812 g/mol. The van der Waals surface area contributed by atoms with Crippen molar-refractivity contribution in [3.8, 4) is 11.1 Å². The van der Waals surface area contributed by atoms with E-state index in [4.69, 9.17) is 58.0 Å². The van der Waals surface area contributed by atoms with Gasteiger partial charge in [-0.2, -0.15) is 10.2 Å². The van der Waals surface area contributed by atoms with Crippen LogP contribution < -0.4 is 0 Å². The highest BCUT2D eigenvalue weighted by molar-refractivity contribution is 6.48. The molecule has 2 aromatic rings. The largest absolute Gasteiger partial charge is 0.289 e. The summed E-state index contributed by atoms with van der Waals surface area (Å²) in [6, 6.07) is 4.78. The molecule has 0 bridgehead atoms. The Bertz CT molecular complexity index is 2060. The second-order valence-electron chi connectivity index (χ2n) is 17.2. The lowest BCUT2D eigenvalue weighted by atomic mass is 9.72. The van der Waals surface area contributed by atoms with Crippen LogP contribution >= 0.6 is 58.0 Å². The van der Waals surface area contributed by atoms with Crippen LogP contribution in [0.25, 0.3) is 11.1 Å². The molecular weight excluding hydrogens is 770 g/mol. The number of Topliss-reactive ketones (excluding diaryl/α,β-unsaturated/α-hetero) is 2. The summed E-state index contributed by atoms with van der Waals surface area (Å²) in [6.45, 7) is 24.1. The number of ketones is 2. The molecule has 2 aliphatic rings. The summed E-state index contributed by atoms with van der Waals surface area (Å²) in [6.07, 6.45) is 10.5. The van der Waals surface area contributed by atoms with Crippen molar-refractivity contribution in [3.63, 3.8) is 0 Å². The van der Waals surface area contributed by atoms with Gasteiger partial charge in [-0.3, -0.25) is 9.59 Å². The Hall–Kier alpha value is -3.13. The maximum atomic E-state index is 13.3. The zero-order valence-corrected chi connectivity index (χ0v) is 36.0. The van der Waals surface area contributed by atoms with E-state index in [1.807, 2.05) is 107 Å². The van der Waals surface area contributed by atoms with Gasteiger partial charge in [0.2, 0.25) is 0 Å². The molecule has 0 saturated carbocycles. The van der Waals surface area contributed by atoms with Crippen molar-refractivity contribution < 1.29 is 9.59 Å². The highest BCUT2D eigenvalue weighted by Crippen LogP contribution is 2.48. The minimum Gasteiger partial charge on any atom is -0.289 e. The molecule has 0 unspecified atom stereocenters. The SMILES string of the molecule is CC(C)(C)C1=CC(=C/N=N/c2cc(Cl)c(-c3cc(Cl)c(/N=N/C=C4C=C(C(C)(C)C)C(=O)C(C(C)(C)C)=C4)c(Cl)c3Cl)cc2Cl)C=C(C(C)(C)C)C1=O. The van der Waals surface area contributed by atoms with Crippen LogP contribution in [0.15, 0.2) is 109 Å². The number of hydrogen-bond donors (Lipinski definition) is 0. The number of carbonyl (C=O) groups is 2. The summed E-state index contributed by atoms with van der Waals surface area (Å²) < 4.78 is 0. The van der Waals surface area contributed by atoms with Gasteiger partial charge < -0.3 is 0 Å². The number of rotatable bonds is 5. The van der Waals surface area contributed by atoms with Gasteiger partial charge in [-0.1, -0.05) is 141 Å². The molecule has 2 aliphatic carbocycles. The molecular formula is C42H45Cl5N4O2. The van der Waals surface area contributed by atoms with Crippen molar-refractivity contribution in [3.05, 3.63) is 113 Å². The van der Waals surface area contributed by atoms with Gasteiger partial charge in [-0.15, -0.1) is 10.2 Å².